The van der Waals surface area contributed by atoms with E-state index in [1.54, 1.807) is 34.1 Å². The quantitative estimate of drug-likeness (QED) is 0.662. The predicted molar refractivity (Wildman–Crippen MR) is 131 cm³/mol. The number of hydrogen-bond donors (Lipinski definition) is 1. The van der Waals surface area contributed by atoms with E-state index in [-0.39, 0.29) is 30.4 Å². The molecule has 0 radical (unpaired) electrons. The average Bonchev–Trinajstić information content (AvgIpc) is 3.27. The molecule has 2 heterocycles. The van der Waals surface area contributed by atoms with Crippen LogP contribution in [0.1, 0.15) is 53.8 Å². The number of methoxy groups -OCH3 is 1. The molecule has 2 aromatic carbocycles. The smallest absolute Gasteiger partial charge is 0.257 e. The Kier molecular flexibility index (Phi) is 7.59. The van der Waals surface area contributed by atoms with Crippen molar-refractivity contribution < 1.29 is 28.2 Å². The number of nitrogens with one attached hydrogen (secondary N) is 1. The van der Waals surface area contributed by atoms with Gasteiger partial charge in [-0.15, -0.1) is 0 Å². The molecule has 2 unspecified atom stereocenters. The van der Waals surface area contributed by atoms with Gasteiger partial charge in [-0.2, -0.15) is 0 Å². The second kappa shape index (κ2) is 10.7. The average molecular weight is 498 g/mol. The van der Waals surface area contributed by atoms with Crippen LogP contribution in [-0.4, -0.2) is 72.1 Å². The lowest BCUT2D eigenvalue weighted by Gasteiger charge is -2.44. The number of benzene rings is 2. The van der Waals surface area contributed by atoms with Crippen molar-refractivity contribution in [3.8, 4) is 5.75 Å². The first-order valence-corrected chi connectivity index (χ1v) is 12.2. The van der Waals surface area contributed by atoms with Gasteiger partial charge in [-0.3, -0.25) is 19.3 Å². The van der Waals surface area contributed by atoms with Crippen molar-refractivity contribution in [1.29, 1.82) is 0 Å². The van der Waals surface area contributed by atoms with E-state index >= 15 is 0 Å². The number of carbonyl (C=O) groups is 3. The molecular weight excluding hydrogens is 465 g/mol. The minimum Gasteiger partial charge on any atom is -0.497 e. The molecule has 8 nitrogen and oxygen atoms in total. The zero-order chi connectivity index (χ0) is 25.9. The van der Waals surface area contributed by atoms with E-state index in [0.717, 1.165) is 6.42 Å². The summed E-state index contributed by atoms with van der Waals surface area (Å²) >= 11 is 0. The largest absolute Gasteiger partial charge is 0.497 e. The lowest BCUT2D eigenvalue weighted by atomic mass is 9.96. The highest BCUT2D eigenvalue weighted by molar-refractivity contribution is 5.99. The van der Waals surface area contributed by atoms with Gasteiger partial charge in [0, 0.05) is 43.1 Å². The lowest BCUT2D eigenvalue weighted by Crippen LogP contribution is -2.60. The first-order valence-electron chi connectivity index (χ1n) is 12.2. The van der Waals surface area contributed by atoms with Crippen LogP contribution in [0.3, 0.4) is 0 Å². The summed E-state index contributed by atoms with van der Waals surface area (Å²) in [7, 11) is 1.53. The molecule has 2 aliphatic heterocycles. The minimum absolute atomic E-state index is 0.0435. The minimum atomic E-state index is -1.02. The summed E-state index contributed by atoms with van der Waals surface area (Å²) in [5, 5.41) is 2.97. The summed E-state index contributed by atoms with van der Waals surface area (Å²) in [4.78, 5) is 43.2. The van der Waals surface area contributed by atoms with Gasteiger partial charge in [0.15, 0.2) is 0 Å². The highest BCUT2D eigenvalue weighted by Gasteiger charge is 2.54. The van der Waals surface area contributed by atoms with Crippen LogP contribution in [0.5, 0.6) is 5.75 Å². The third-order valence-corrected chi connectivity index (χ3v) is 7.02. The first kappa shape index (κ1) is 25.6. The van der Waals surface area contributed by atoms with Gasteiger partial charge in [0.1, 0.15) is 23.3 Å². The first-order chi connectivity index (χ1) is 17.3. The monoisotopic (exact) mass is 497 g/mol. The Balaban J connectivity index is 1.58. The van der Waals surface area contributed by atoms with Gasteiger partial charge in [0.05, 0.1) is 13.7 Å². The van der Waals surface area contributed by atoms with Crippen LogP contribution >= 0.6 is 0 Å². The molecule has 2 aromatic rings. The number of nitrogens with zero attached hydrogens (tertiary/aromatic N) is 2. The molecule has 0 aliphatic carbocycles. The van der Waals surface area contributed by atoms with E-state index in [1.807, 2.05) is 13.8 Å². The van der Waals surface area contributed by atoms with Gasteiger partial charge >= 0.3 is 0 Å². The predicted octanol–water partition coefficient (Wildman–Crippen LogP) is 3.22. The molecular formula is C27H32FN3O5. The van der Waals surface area contributed by atoms with Gasteiger partial charge in [-0.1, -0.05) is 13.0 Å². The summed E-state index contributed by atoms with van der Waals surface area (Å²) in [5.74, 6) is -0.664. The Bertz CT molecular complexity index is 1110. The second-order valence-corrected chi connectivity index (χ2v) is 9.30. The molecule has 9 heteroatoms. The normalized spacial score (nSPS) is 19.7. The number of amides is 3. The molecule has 2 aliphatic rings. The summed E-state index contributed by atoms with van der Waals surface area (Å²) in [6.07, 6.45) is 1.46. The maximum Gasteiger partial charge on any atom is 0.257 e. The summed E-state index contributed by atoms with van der Waals surface area (Å²) < 4.78 is 24.8. The summed E-state index contributed by atoms with van der Waals surface area (Å²) in [5.41, 5.74) is -0.225. The van der Waals surface area contributed by atoms with Crippen LogP contribution in [0, 0.1) is 5.82 Å². The van der Waals surface area contributed by atoms with E-state index < -0.39 is 17.6 Å². The molecule has 0 bridgehead atoms. The van der Waals surface area contributed by atoms with Crippen LogP contribution in [0.25, 0.3) is 0 Å². The van der Waals surface area contributed by atoms with Crippen LogP contribution in [0.15, 0.2) is 48.5 Å². The SMILES string of the molecule is CCC(C)NC(=O)C1COC2(CCN(C(=O)c3ccc(F)cc3)CC2)N1C(=O)c1cccc(OC)c1. The fourth-order valence-electron chi connectivity index (χ4n) is 4.74. The third-order valence-electron chi connectivity index (χ3n) is 7.02. The Morgan fingerprint density at radius 2 is 1.81 bits per heavy atom. The summed E-state index contributed by atoms with van der Waals surface area (Å²) in [6.45, 7) is 4.63. The Morgan fingerprint density at radius 3 is 2.44 bits per heavy atom. The van der Waals surface area contributed by atoms with Crippen LogP contribution < -0.4 is 10.1 Å². The molecule has 192 valence electrons. The molecule has 4 rings (SSSR count). The van der Waals surface area contributed by atoms with Gasteiger partial charge in [-0.25, -0.2) is 4.39 Å². The molecule has 2 saturated heterocycles. The van der Waals surface area contributed by atoms with Gasteiger partial charge in [-0.05, 0) is 55.8 Å². The highest BCUT2D eigenvalue weighted by Crippen LogP contribution is 2.39. The molecule has 2 fully saturated rings. The van der Waals surface area contributed by atoms with E-state index in [9.17, 15) is 18.8 Å². The van der Waals surface area contributed by atoms with E-state index in [1.165, 1.54) is 31.4 Å². The number of piperidine rings is 1. The van der Waals surface area contributed by atoms with Gasteiger partial charge < -0.3 is 19.7 Å². The van der Waals surface area contributed by atoms with Crippen LogP contribution in [0.4, 0.5) is 4.39 Å². The van der Waals surface area contributed by atoms with Crippen molar-refractivity contribution in [3.05, 3.63) is 65.5 Å². The van der Waals surface area contributed by atoms with E-state index in [4.69, 9.17) is 9.47 Å². The van der Waals surface area contributed by atoms with Crippen molar-refractivity contribution in [2.45, 2.75) is 50.9 Å². The maximum atomic E-state index is 13.8. The standard InChI is InChI=1S/C27H32FN3O5/c1-4-18(2)29-24(32)23-17-36-27(31(23)26(34)20-6-5-7-22(16-20)35-3)12-14-30(15-13-27)25(33)19-8-10-21(28)11-9-19/h5-11,16,18,23H,4,12-15,17H2,1-3H3,(H,29,32). The number of carbonyl (C=O) groups excluding carboxylic acids is 3. The maximum absolute atomic E-state index is 13.8. The Morgan fingerprint density at radius 1 is 1.11 bits per heavy atom. The van der Waals surface area contributed by atoms with Crippen molar-refractivity contribution in [2.75, 3.05) is 26.8 Å². The van der Waals surface area contributed by atoms with Crippen LogP contribution in [-0.2, 0) is 9.53 Å². The van der Waals surface area contributed by atoms with Crippen molar-refractivity contribution >= 4 is 17.7 Å². The molecule has 2 atom stereocenters. The number of ether oxygens (including phenoxy) is 2. The van der Waals surface area contributed by atoms with Crippen molar-refractivity contribution in [3.63, 3.8) is 0 Å². The third kappa shape index (κ3) is 5.06. The fourth-order valence-corrected chi connectivity index (χ4v) is 4.74. The molecule has 0 aromatic heterocycles. The second-order valence-electron chi connectivity index (χ2n) is 9.30. The van der Waals surface area contributed by atoms with Gasteiger partial charge in [0.25, 0.3) is 11.8 Å². The van der Waals surface area contributed by atoms with Gasteiger partial charge in [0.2, 0.25) is 5.91 Å². The molecule has 3 amide bonds. The molecule has 0 saturated carbocycles. The number of hydrogen-bond acceptors (Lipinski definition) is 5. The zero-order valence-corrected chi connectivity index (χ0v) is 20.8. The Labute approximate surface area is 210 Å². The number of rotatable bonds is 6. The number of halogens is 1. The van der Waals surface area contributed by atoms with E-state index in [2.05, 4.69) is 5.32 Å². The van der Waals surface area contributed by atoms with E-state index in [0.29, 0.717) is 42.8 Å². The molecule has 1 spiro atoms. The highest BCUT2D eigenvalue weighted by atomic mass is 19.1. The number of likely N-dealkylation sites (tertiary alicyclic amines) is 1. The zero-order valence-electron chi connectivity index (χ0n) is 20.8. The topological polar surface area (TPSA) is 88.2 Å². The lowest BCUT2D eigenvalue weighted by molar-refractivity contribution is -0.128. The fraction of sp³-hybridized carbons (Fsp3) is 0.444. The Hall–Kier alpha value is -3.46. The van der Waals surface area contributed by atoms with Crippen molar-refractivity contribution in [1.82, 2.24) is 15.1 Å². The molecule has 1 N–H and O–H groups in total. The van der Waals surface area contributed by atoms with Crippen LogP contribution in [0.2, 0.25) is 0 Å². The molecule has 36 heavy (non-hydrogen) atoms. The summed E-state index contributed by atoms with van der Waals surface area (Å²) in [6, 6.07) is 11.4. The van der Waals surface area contributed by atoms with Crippen molar-refractivity contribution in [2.24, 2.45) is 0 Å².